The molecule has 1 aromatic rings. The Balaban J connectivity index is 2.19. The third kappa shape index (κ3) is 2.11. The summed E-state index contributed by atoms with van der Waals surface area (Å²) in [5.74, 6) is 0. The number of anilines is 1. The molecule has 16 heavy (non-hydrogen) atoms. The van der Waals surface area contributed by atoms with Gasteiger partial charge in [-0.3, -0.25) is 0 Å². The number of aliphatic hydroxyl groups is 1. The van der Waals surface area contributed by atoms with E-state index in [1.807, 2.05) is 24.3 Å². The number of hydrogen-bond donors (Lipinski definition) is 2. The minimum absolute atomic E-state index is 0.163. The van der Waals surface area contributed by atoms with Crippen LogP contribution >= 0.6 is 15.9 Å². The van der Waals surface area contributed by atoms with Gasteiger partial charge in [0, 0.05) is 10.2 Å². The molecule has 0 saturated heterocycles. The molecule has 1 unspecified atom stereocenters. The summed E-state index contributed by atoms with van der Waals surface area (Å²) in [4.78, 5) is 0. The van der Waals surface area contributed by atoms with E-state index in [-0.39, 0.29) is 17.6 Å². The SMILES string of the molecule is CC1(C(C)(CO)Nc2cccc(Br)c2)CC1. The predicted molar refractivity (Wildman–Crippen MR) is 70.6 cm³/mol. The smallest absolute Gasteiger partial charge is 0.0664 e. The Morgan fingerprint density at radius 1 is 1.50 bits per heavy atom. The van der Waals surface area contributed by atoms with Gasteiger partial charge in [0.2, 0.25) is 0 Å². The highest BCUT2D eigenvalue weighted by molar-refractivity contribution is 9.10. The first kappa shape index (κ1) is 11.9. The molecule has 1 aliphatic rings. The fourth-order valence-corrected chi connectivity index (χ4v) is 2.40. The second-order valence-electron chi connectivity index (χ2n) is 5.19. The van der Waals surface area contributed by atoms with E-state index in [4.69, 9.17) is 0 Å². The van der Waals surface area contributed by atoms with E-state index in [9.17, 15) is 5.11 Å². The van der Waals surface area contributed by atoms with Crippen LogP contribution in [0.1, 0.15) is 26.7 Å². The zero-order valence-corrected chi connectivity index (χ0v) is 11.3. The van der Waals surface area contributed by atoms with E-state index in [0.717, 1.165) is 10.2 Å². The van der Waals surface area contributed by atoms with Crippen molar-refractivity contribution in [2.75, 3.05) is 11.9 Å². The van der Waals surface area contributed by atoms with E-state index in [0.29, 0.717) is 0 Å². The molecule has 1 aliphatic carbocycles. The van der Waals surface area contributed by atoms with Crippen molar-refractivity contribution in [3.05, 3.63) is 28.7 Å². The Labute approximate surface area is 105 Å². The Morgan fingerprint density at radius 2 is 2.19 bits per heavy atom. The van der Waals surface area contributed by atoms with Crippen molar-refractivity contribution in [1.29, 1.82) is 0 Å². The van der Waals surface area contributed by atoms with E-state index in [1.165, 1.54) is 12.8 Å². The van der Waals surface area contributed by atoms with Crippen LogP contribution in [0.5, 0.6) is 0 Å². The lowest BCUT2D eigenvalue weighted by Gasteiger charge is -2.36. The monoisotopic (exact) mass is 283 g/mol. The molecule has 0 heterocycles. The molecular weight excluding hydrogens is 266 g/mol. The Kier molecular flexibility index (Phi) is 3.01. The maximum atomic E-state index is 9.62. The van der Waals surface area contributed by atoms with Gasteiger partial charge in [-0.2, -0.15) is 0 Å². The number of hydrogen-bond acceptors (Lipinski definition) is 2. The molecule has 1 aromatic carbocycles. The number of benzene rings is 1. The summed E-state index contributed by atoms with van der Waals surface area (Å²) in [6.45, 7) is 4.49. The highest BCUT2D eigenvalue weighted by atomic mass is 79.9. The van der Waals surface area contributed by atoms with Gasteiger partial charge in [-0.05, 0) is 43.4 Å². The number of nitrogens with one attached hydrogen (secondary N) is 1. The molecule has 0 aliphatic heterocycles. The lowest BCUT2D eigenvalue weighted by molar-refractivity contribution is 0.167. The maximum Gasteiger partial charge on any atom is 0.0664 e. The number of halogens is 1. The van der Waals surface area contributed by atoms with Gasteiger partial charge in [-0.1, -0.05) is 28.9 Å². The summed E-state index contributed by atoms with van der Waals surface area (Å²) in [6.07, 6.45) is 2.37. The van der Waals surface area contributed by atoms with Crippen molar-refractivity contribution in [3.8, 4) is 0 Å². The van der Waals surface area contributed by atoms with Crippen molar-refractivity contribution in [3.63, 3.8) is 0 Å². The molecule has 0 radical (unpaired) electrons. The summed E-state index contributed by atoms with van der Waals surface area (Å²) in [5, 5.41) is 13.1. The minimum atomic E-state index is -0.228. The molecule has 0 amide bonds. The molecule has 2 nitrogen and oxygen atoms in total. The van der Waals surface area contributed by atoms with E-state index in [2.05, 4.69) is 35.1 Å². The molecule has 2 N–H and O–H groups in total. The van der Waals surface area contributed by atoms with Gasteiger partial charge in [-0.15, -0.1) is 0 Å². The molecule has 1 atom stereocenters. The van der Waals surface area contributed by atoms with E-state index >= 15 is 0 Å². The Morgan fingerprint density at radius 3 is 2.69 bits per heavy atom. The van der Waals surface area contributed by atoms with E-state index in [1.54, 1.807) is 0 Å². The molecule has 3 heteroatoms. The first-order valence-electron chi connectivity index (χ1n) is 5.64. The molecule has 0 spiro atoms. The van der Waals surface area contributed by atoms with Gasteiger partial charge in [0.15, 0.2) is 0 Å². The second kappa shape index (κ2) is 4.04. The molecule has 2 rings (SSSR count). The van der Waals surface area contributed by atoms with Crippen LogP contribution in [-0.4, -0.2) is 17.3 Å². The standard InChI is InChI=1S/C13H18BrNO/c1-12(6-7-12)13(2,9-16)15-11-5-3-4-10(14)8-11/h3-5,8,15-16H,6-7,9H2,1-2H3. The first-order chi connectivity index (χ1) is 7.49. The fraction of sp³-hybridized carbons (Fsp3) is 0.538. The topological polar surface area (TPSA) is 32.3 Å². The summed E-state index contributed by atoms with van der Waals surface area (Å²) < 4.78 is 1.05. The average Bonchev–Trinajstić information content (AvgIpc) is 2.98. The highest BCUT2D eigenvalue weighted by Gasteiger charge is 2.52. The summed E-state index contributed by atoms with van der Waals surface area (Å²) in [7, 11) is 0. The molecule has 0 bridgehead atoms. The number of aliphatic hydroxyl groups excluding tert-OH is 1. The van der Waals surface area contributed by atoms with Crippen LogP contribution in [0.3, 0.4) is 0 Å². The van der Waals surface area contributed by atoms with Crippen LogP contribution in [0.25, 0.3) is 0 Å². The Hall–Kier alpha value is -0.540. The van der Waals surface area contributed by atoms with Crippen molar-refractivity contribution < 1.29 is 5.11 Å². The van der Waals surface area contributed by atoms with Gasteiger partial charge in [0.1, 0.15) is 0 Å². The quantitative estimate of drug-likeness (QED) is 0.888. The van der Waals surface area contributed by atoms with Gasteiger partial charge in [0.25, 0.3) is 0 Å². The summed E-state index contributed by atoms with van der Waals surface area (Å²) >= 11 is 3.46. The Bertz CT molecular complexity index is 389. The van der Waals surface area contributed by atoms with Gasteiger partial charge >= 0.3 is 0 Å². The lowest BCUT2D eigenvalue weighted by atomic mass is 9.84. The molecule has 1 fully saturated rings. The van der Waals surface area contributed by atoms with Crippen molar-refractivity contribution >= 4 is 21.6 Å². The maximum absolute atomic E-state index is 9.62. The van der Waals surface area contributed by atoms with Crippen LogP contribution in [0, 0.1) is 5.41 Å². The van der Waals surface area contributed by atoms with Crippen LogP contribution < -0.4 is 5.32 Å². The zero-order chi connectivity index (χ0) is 11.8. The normalized spacial score (nSPS) is 21.2. The lowest BCUT2D eigenvalue weighted by Crippen LogP contribution is -2.46. The van der Waals surface area contributed by atoms with E-state index < -0.39 is 0 Å². The van der Waals surface area contributed by atoms with Gasteiger partial charge < -0.3 is 10.4 Å². The fourth-order valence-electron chi connectivity index (χ4n) is 2.01. The average molecular weight is 284 g/mol. The number of rotatable bonds is 4. The van der Waals surface area contributed by atoms with Gasteiger partial charge in [0.05, 0.1) is 12.1 Å². The minimum Gasteiger partial charge on any atom is -0.394 e. The summed E-state index contributed by atoms with van der Waals surface area (Å²) in [5.41, 5.74) is 1.05. The zero-order valence-electron chi connectivity index (χ0n) is 9.76. The van der Waals surface area contributed by atoms with Crippen LogP contribution in [0.4, 0.5) is 5.69 Å². The second-order valence-corrected chi connectivity index (χ2v) is 6.10. The third-order valence-corrected chi connectivity index (χ3v) is 4.39. The third-order valence-electron chi connectivity index (χ3n) is 3.89. The molecular formula is C13H18BrNO. The molecule has 0 aromatic heterocycles. The largest absolute Gasteiger partial charge is 0.394 e. The van der Waals surface area contributed by atoms with Crippen LogP contribution in [0.15, 0.2) is 28.7 Å². The van der Waals surface area contributed by atoms with Crippen LogP contribution in [-0.2, 0) is 0 Å². The summed E-state index contributed by atoms with van der Waals surface area (Å²) in [6, 6.07) is 8.07. The molecule has 1 saturated carbocycles. The van der Waals surface area contributed by atoms with Gasteiger partial charge in [-0.25, -0.2) is 0 Å². The highest BCUT2D eigenvalue weighted by Crippen LogP contribution is 2.54. The van der Waals surface area contributed by atoms with Crippen molar-refractivity contribution in [2.45, 2.75) is 32.2 Å². The first-order valence-corrected chi connectivity index (χ1v) is 6.43. The van der Waals surface area contributed by atoms with Crippen LogP contribution in [0.2, 0.25) is 0 Å². The predicted octanol–water partition coefficient (Wildman–Crippen LogP) is 3.41. The molecule has 88 valence electrons. The van der Waals surface area contributed by atoms with Crippen molar-refractivity contribution in [2.24, 2.45) is 5.41 Å². The van der Waals surface area contributed by atoms with Crippen molar-refractivity contribution in [1.82, 2.24) is 0 Å².